The quantitative estimate of drug-likeness (QED) is 0.419. The normalized spacial score (nSPS) is 12.5. The zero-order valence-corrected chi connectivity index (χ0v) is 16.0. The minimum absolute atomic E-state index is 0.134. The first-order valence-corrected chi connectivity index (χ1v) is 8.63. The summed E-state index contributed by atoms with van der Waals surface area (Å²) in [7, 11) is 0. The Hall–Kier alpha value is 0.170. The molecule has 0 heterocycles. The number of hydrogen-bond donors (Lipinski definition) is 0. The van der Waals surface area contributed by atoms with Crippen molar-refractivity contribution in [3.05, 3.63) is 66.6 Å². The molecule has 0 radical (unpaired) electrons. The number of rotatable bonds is 2. The van der Waals surface area contributed by atoms with Crippen LogP contribution in [-0.4, -0.2) is 0 Å². The van der Waals surface area contributed by atoms with E-state index in [4.69, 9.17) is 11.6 Å². The molecule has 0 fully saturated rings. The summed E-state index contributed by atoms with van der Waals surface area (Å²) >= 11 is 16.9. The molecule has 0 aliphatic carbocycles. The topological polar surface area (TPSA) is 0 Å². The number of aryl methyl sites for hydroxylation is 2. The summed E-state index contributed by atoms with van der Waals surface area (Å²) in [6.45, 7) is 4.22. The van der Waals surface area contributed by atoms with Gasteiger partial charge in [0.2, 0.25) is 0 Å². The van der Waals surface area contributed by atoms with E-state index in [0.717, 1.165) is 19.5 Å². The molecule has 2 rings (SSSR count). The average Bonchev–Trinajstić information content (AvgIpc) is 2.31. The van der Waals surface area contributed by atoms with E-state index in [1.54, 1.807) is 0 Å². The molecule has 0 saturated heterocycles. The van der Waals surface area contributed by atoms with Crippen molar-refractivity contribution < 1.29 is 0 Å². The van der Waals surface area contributed by atoms with E-state index in [0.29, 0.717) is 0 Å². The fourth-order valence-corrected chi connectivity index (χ4v) is 4.08. The van der Waals surface area contributed by atoms with Crippen LogP contribution in [0.25, 0.3) is 0 Å². The molecule has 0 spiro atoms. The Morgan fingerprint density at radius 1 is 0.947 bits per heavy atom. The van der Waals surface area contributed by atoms with Crippen molar-refractivity contribution in [2.24, 2.45) is 0 Å². The molecule has 0 bridgehead atoms. The van der Waals surface area contributed by atoms with Crippen molar-refractivity contribution in [2.45, 2.75) is 18.7 Å². The average molecular weight is 467 g/mol. The number of halogens is 4. The Bertz CT molecular complexity index is 603. The third kappa shape index (κ3) is 3.63. The maximum absolute atomic E-state index is 6.12. The van der Waals surface area contributed by atoms with E-state index >= 15 is 0 Å². The summed E-state index contributed by atoms with van der Waals surface area (Å²) < 4.78 is 2.13. The second-order valence-corrected chi connectivity index (χ2v) is 7.65. The maximum Gasteiger partial charge on any atom is 0.0648 e. The van der Waals surface area contributed by atoms with Crippen molar-refractivity contribution in [3.63, 3.8) is 0 Å². The largest absolute Gasteiger partial charge is 0.0843 e. The zero-order chi connectivity index (χ0) is 14.2. The van der Waals surface area contributed by atoms with Crippen molar-refractivity contribution in [2.75, 3.05) is 0 Å². The Morgan fingerprint density at radius 2 is 1.63 bits per heavy atom. The first-order chi connectivity index (χ1) is 8.88. The van der Waals surface area contributed by atoms with Gasteiger partial charge in [-0.25, -0.2) is 0 Å². The van der Waals surface area contributed by atoms with Crippen molar-refractivity contribution in [1.29, 1.82) is 0 Å². The maximum atomic E-state index is 6.12. The van der Waals surface area contributed by atoms with Crippen LogP contribution < -0.4 is 0 Å². The van der Waals surface area contributed by atoms with Crippen molar-refractivity contribution >= 4 is 59.4 Å². The van der Waals surface area contributed by atoms with Gasteiger partial charge in [0.05, 0.1) is 4.83 Å². The summed E-state index contributed by atoms with van der Waals surface area (Å²) in [6, 6.07) is 10.3. The lowest BCUT2D eigenvalue weighted by atomic mass is 9.98. The van der Waals surface area contributed by atoms with Gasteiger partial charge in [-0.2, -0.15) is 0 Å². The molecule has 19 heavy (non-hydrogen) atoms. The predicted molar refractivity (Wildman–Crippen MR) is 93.5 cm³/mol. The van der Waals surface area contributed by atoms with Crippen LogP contribution >= 0.6 is 59.4 Å². The smallest absolute Gasteiger partial charge is 0.0648 e. The van der Waals surface area contributed by atoms with E-state index < -0.39 is 0 Å². The molecule has 1 atom stereocenters. The van der Waals surface area contributed by atoms with Crippen molar-refractivity contribution in [3.8, 4) is 0 Å². The molecular formula is C15H12Br3Cl. The number of hydrogen-bond acceptors (Lipinski definition) is 0. The van der Waals surface area contributed by atoms with Crippen LogP contribution in [0.4, 0.5) is 0 Å². The van der Waals surface area contributed by atoms with Gasteiger partial charge in [0.15, 0.2) is 0 Å². The molecule has 1 unspecified atom stereocenters. The van der Waals surface area contributed by atoms with Gasteiger partial charge < -0.3 is 0 Å². The Morgan fingerprint density at radius 3 is 2.26 bits per heavy atom. The molecule has 4 heteroatoms. The van der Waals surface area contributed by atoms with Gasteiger partial charge >= 0.3 is 0 Å². The van der Waals surface area contributed by atoms with E-state index in [-0.39, 0.29) is 4.83 Å². The highest BCUT2D eigenvalue weighted by Crippen LogP contribution is 2.37. The van der Waals surface area contributed by atoms with Gasteiger partial charge in [0.1, 0.15) is 0 Å². The third-order valence-electron chi connectivity index (χ3n) is 3.00. The van der Waals surface area contributed by atoms with Gasteiger partial charge in [-0.3, -0.25) is 0 Å². The summed E-state index contributed by atoms with van der Waals surface area (Å²) in [5.41, 5.74) is 4.88. The molecule has 2 aromatic carbocycles. The highest BCUT2D eigenvalue weighted by Gasteiger charge is 2.15. The third-order valence-corrected chi connectivity index (χ3v) is 5.55. The minimum Gasteiger partial charge on any atom is -0.0843 e. The van der Waals surface area contributed by atoms with Crippen LogP contribution in [0.2, 0.25) is 5.02 Å². The summed E-state index contributed by atoms with van der Waals surface area (Å²) in [6.07, 6.45) is 0. The number of benzene rings is 2. The van der Waals surface area contributed by atoms with Crippen LogP contribution in [0.3, 0.4) is 0 Å². The molecule has 2 aromatic rings. The lowest BCUT2D eigenvalue weighted by Gasteiger charge is -2.16. The highest BCUT2D eigenvalue weighted by molar-refractivity contribution is 9.11. The monoisotopic (exact) mass is 464 g/mol. The van der Waals surface area contributed by atoms with Crippen LogP contribution in [0.1, 0.15) is 27.1 Å². The van der Waals surface area contributed by atoms with E-state index in [1.807, 2.05) is 12.1 Å². The molecule has 0 aliphatic rings. The summed E-state index contributed by atoms with van der Waals surface area (Å²) in [5, 5.41) is 0.736. The van der Waals surface area contributed by atoms with Gasteiger partial charge in [-0.05, 0) is 60.4 Å². The Balaban J connectivity index is 2.49. The zero-order valence-electron chi connectivity index (χ0n) is 10.5. The van der Waals surface area contributed by atoms with E-state index in [1.165, 1.54) is 16.7 Å². The van der Waals surface area contributed by atoms with Crippen LogP contribution in [0.5, 0.6) is 0 Å². The summed E-state index contributed by atoms with van der Waals surface area (Å²) in [5.74, 6) is 0. The molecule has 0 saturated carbocycles. The molecule has 0 aliphatic heterocycles. The fourth-order valence-electron chi connectivity index (χ4n) is 1.98. The number of alkyl halides is 1. The summed E-state index contributed by atoms with van der Waals surface area (Å²) in [4.78, 5) is 0.134. The van der Waals surface area contributed by atoms with Gasteiger partial charge in [-0.15, -0.1) is 0 Å². The lowest BCUT2D eigenvalue weighted by molar-refractivity contribution is 1.13. The highest BCUT2D eigenvalue weighted by atomic mass is 79.9. The van der Waals surface area contributed by atoms with Crippen LogP contribution in [0.15, 0.2) is 39.3 Å². The lowest BCUT2D eigenvalue weighted by Crippen LogP contribution is -1.97. The second-order valence-electron chi connectivity index (χ2n) is 4.52. The molecule has 0 nitrogen and oxygen atoms in total. The van der Waals surface area contributed by atoms with Crippen molar-refractivity contribution in [1.82, 2.24) is 0 Å². The van der Waals surface area contributed by atoms with Gasteiger partial charge in [0, 0.05) is 14.0 Å². The molecule has 0 aromatic heterocycles. The first-order valence-electron chi connectivity index (χ1n) is 5.75. The Labute approximate surface area is 143 Å². The Kier molecular flexibility index (Phi) is 5.15. The fraction of sp³-hybridized carbons (Fsp3) is 0.200. The minimum atomic E-state index is 0.134. The van der Waals surface area contributed by atoms with E-state index in [9.17, 15) is 0 Å². The standard InChI is InChI=1S/C15H12Br3Cl/c1-8-4-14(17)9(2)3-13(8)15(18)10-5-11(16)7-12(19)6-10/h3-7,15H,1-2H3. The van der Waals surface area contributed by atoms with Gasteiger partial charge in [0.25, 0.3) is 0 Å². The SMILES string of the molecule is Cc1cc(C(Br)c2cc(Cl)cc(Br)c2)c(C)cc1Br. The van der Waals surface area contributed by atoms with E-state index in [2.05, 4.69) is 79.8 Å². The molecule has 0 amide bonds. The first kappa shape index (κ1) is 15.6. The van der Waals surface area contributed by atoms with Crippen LogP contribution in [-0.2, 0) is 0 Å². The molecule has 100 valence electrons. The second kappa shape index (κ2) is 6.30. The predicted octanol–water partition coefficient (Wildman–Crippen LogP) is 6.97. The van der Waals surface area contributed by atoms with Crippen LogP contribution in [0, 0.1) is 13.8 Å². The van der Waals surface area contributed by atoms with Gasteiger partial charge in [-0.1, -0.05) is 65.5 Å². The molecule has 0 N–H and O–H groups in total. The molecular weight excluding hydrogens is 455 g/mol.